The highest BCUT2D eigenvalue weighted by molar-refractivity contribution is 8.15. The molecule has 29 heavy (non-hydrogen) atoms. The summed E-state index contributed by atoms with van der Waals surface area (Å²) in [4.78, 5) is 31.4. The van der Waals surface area contributed by atoms with Gasteiger partial charge in [0.2, 0.25) is 11.8 Å². The highest BCUT2D eigenvalue weighted by Gasteiger charge is 2.38. The van der Waals surface area contributed by atoms with E-state index in [9.17, 15) is 9.59 Å². The smallest absolute Gasteiger partial charge is 0.242 e. The minimum Gasteiger partial charge on any atom is -0.497 e. The van der Waals surface area contributed by atoms with Crippen LogP contribution >= 0.6 is 11.8 Å². The molecule has 1 heterocycles. The van der Waals surface area contributed by atoms with Crippen molar-refractivity contribution in [3.63, 3.8) is 0 Å². The number of aliphatic imine (C=N–C) groups is 1. The minimum absolute atomic E-state index is 0.0760. The average molecular weight is 410 g/mol. The first-order chi connectivity index (χ1) is 14.0. The summed E-state index contributed by atoms with van der Waals surface area (Å²) < 4.78 is 5.16. The van der Waals surface area contributed by atoms with Gasteiger partial charge in [-0.3, -0.25) is 14.5 Å². The van der Waals surface area contributed by atoms with E-state index < -0.39 is 5.25 Å². The largest absolute Gasteiger partial charge is 0.497 e. The van der Waals surface area contributed by atoms with Crippen molar-refractivity contribution < 1.29 is 14.3 Å². The van der Waals surface area contributed by atoms with Crippen molar-refractivity contribution in [3.8, 4) is 5.75 Å². The van der Waals surface area contributed by atoms with Gasteiger partial charge in [-0.25, -0.2) is 4.99 Å². The molecular formula is C22H23N3O3S. The number of aryl methyl sites for hydroxylation is 1. The van der Waals surface area contributed by atoms with Crippen molar-refractivity contribution in [1.82, 2.24) is 4.90 Å². The molecule has 2 aromatic rings. The monoisotopic (exact) mass is 409 g/mol. The van der Waals surface area contributed by atoms with Gasteiger partial charge in [-0.05, 0) is 43.3 Å². The molecule has 2 amide bonds. The number of hydrogen-bond donors (Lipinski definition) is 1. The SMILES string of the molecule is C=CCN1C(=O)[C@H](CC(=O)Nc2ccc(C)cc2)SC1=Nc1ccc(OC)cc1. The third kappa shape index (κ3) is 5.26. The van der Waals surface area contributed by atoms with E-state index in [0.29, 0.717) is 23.1 Å². The van der Waals surface area contributed by atoms with Crippen LogP contribution in [0.15, 0.2) is 66.2 Å². The van der Waals surface area contributed by atoms with Crippen molar-refractivity contribution in [1.29, 1.82) is 0 Å². The van der Waals surface area contributed by atoms with Crippen molar-refractivity contribution >= 4 is 40.1 Å². The van der Waals surface area contributed by atoms with Gasteiger partial charge in [-0.2, -0.15) is 0 Å². The lowest BCUT2D eigenvalue weighted by molar-refractivity contribution is -0.127. The molecule has 1 atom stereocenters. The second-order valence-corrected chi connectivity index (χ2v) is 7.72. The van der Waals surface area contributed by atoms with Gasteiger partial charge in [-0.15, -0.1) is 6.58 Å². The zero-order valence-corrected chi connectivity index (χ0v) is 17.2. The van der Waals surface area contributed by atoms with Gasteiger partial charge in [0.1, 0.15) is 11.0 Å². The Hall–Kier alpha value is -3.06. The van der Waals surface area contributed by atoms with E-state index >= 15 is 0 Å². The van der Waals surface area contributed by atoms with Crippen LogP contribution in [0.25, 0.3) is 0 Å². The predicted molar refractivity (Wildman–Crippen MR) is 118 cm³/mol. The third-order valence-corrected chi connectivity index (χ3v) is 5.51. The molecule has 1 aliphatic rings. The van der Waals surface area contributed by atoms with Gasteiger partial charge in [0.25, 0.3) is 0 Å². The third-order valence-electron chi connectivity index (χ3n) is 4.33. The number of carbonyl (C=O) groups excluding carboxylic acids is 2. The Morgan fingerprint density at radius 2 is 1.93 bits per heavy atom. The molecule has 1 fully saturated rings. The average Bonchev–Trinajstić information content (AvgIpc) is 2.99. The number of amidine groups is 1. The molecule has 1 N–H and O–H groups in total. The highest BCUT2D eigenvalue weighted by Crippen LogP contribution is 2.32. The van der Waals surface area contributed by atoms with Crippen LogP contribution in [0.5, 0.6) is 5.75 Å². The van der Waals surface area contributed by atoms with Crippen LogP contribution < -0.4 is 10.1 Å². The molecule has 1 aliphatic heterocycles. The summed E-state index contributed by atoms with van der Waals surface area (Å²) in [7, 11) is 1.60. The molecule has 6 nitrogen and oxygen atoms in total. The Morgan fingerprint density at radius 3 is 2.55 bits per heavy atom. The fourth-order valence-electron chi connectivity index (χ4n) is 2.81. The summed E-state index contributed by atoms with van der Waals surface area (Å²) in [5, 5.41) is 2.89. The van der Waals surface area contributed by atoms with Crippen LogP contribution in [0.1, 0.15) is 12.0 Å². The van der Waals surface area contributed by atoms with Crippen LogP contribution in [-0.2, 0) is 9.59 Å². The number of thioether (sulfide) groups is 1. The lowest BCUT2D eigenvalue weighted by Gasteiger charge is -2.14. The van der Waals surface area contributed by atoms with Gasteiger partial charge in [0.15, 0.2) is 5.17 Å². The van der Waals surface area contributed by atoms with Crippen LogP contribution in [0, 0.1) is 6.92 Å². The molecule has 3 rings (SSSR count). The van der Waals surface area contributed by atoms with Crippen molar-refractivity contribution in [2.24, 2.45) is 4.99 Å². The summed E-state index contributed by atoms with van der Waals surface area (Å²) >= 11 is 1.30. The fraction of sp³-hybridized carbons (Fsp3) is 0.227. The molecule has 0 unspecified atom stereocenters. The lowest BCUT2D eigenvalue weighted by atomic mass is 10.2. The number of ether oxygens (including phenoxy) is 1. The summed E-state index contributed by atoms with van der Waals surface area (Å²) in [5.74, 6) is 0.392. The number of anilines is 1. The number of rotatable bonds is 7. The molecule has 7 heteroatoms. The van der Waals surface area contributed by atoms with Crippen LogP contribution in [0.2, 0.25) is 0 Å². The van der Waals surface area contributed by atoms with E-state index in [4.69, 9.17) is 4.74 Å². The first-order valence-corrected chi connectivity index (χ1v) is 10.1. The summed E-state index contributed by atoms with van der Waals surface area (Å²) in [6.45, 7) is 6.05. The molecule has 2 aromatic carbocycles. The van der Waals surface area contributed by atoms with E-state index in [2.05, 4.69) is 16.9 Å². The van der Waals surface area contributed by atoms with Crippen LogP contribution in [0.3, 0.4) is 0 Å². The first kappa shape index (κ1) is 20.7. The second-order valence-electron chi connectivity index (χ2n) is 6.55. The minimum atomic E-state index is -0.516. The van der Waals surface area contributed by atoms with E-state index in [0.717, 1.165) is 11.3 Å². The molecule has 0 saturated carbocycles. The molecule has 1 saturated heterocycles. The van der Waals surface area contributed by atoms with Gasteiger partial charge < -0.3 is 10.1 Å². The van der Waals surface area contributed by atoms with Gasteiger partial charge in [-0.1, -0.05) is 35.5 Å². The Morgan fingerprint density at radius 1 is 1.24 bits per heavy atom. The fourth-order valence-corrected chi connectivity index (χ4v) is 3.97. The standard InChI is InChI=1S/C22H23N3O3S/c1-4-13-25-21(27)19(14-20(26)23-16-7-5-15(2)6-8-16)29-22(25)24-17-9-11-18(28-3)12-10-17/h4-12,19H,1,13-14H2,2-3H3,(H,23,26)/t19-/m0/s1. The lowest BCUT2D eigenvalue weighted by Crippen LogP contribution is -2.33. The predicted octanol–water partition coefficient (Wildman–Crippen LogP) is 4.15. The Balaban J connectivity index is 1.71. The van der Waals surface area contributed by atoms with E-state index in [-0.39, 0.29) is 18.2 Å². The molecule has 0 spiro atoms. The van der Waals surface area contributed by atoms with Crippen molar-refractivity contribution in [2.45, 2.75) is 18.6 Å². The van der Waals surface area contributed by atoms with Gasteiger partial charge in [0.05, 0.1) is 12.8 Å². The molecule has 0 radical (unpaired) electrons. The number of nitrogens with one attached hydrogen (secondary N) is 1. The molecule has 0 aliphatic carbocycles. The molecule has 150 valence electrons. The van der Waals surface area contributed by atoms with E-state index in [1.54, 1.807) is 18.1 Å². The zero-order chi connectivity index (χ0) is 20.8. The number of methoxy groups -OCH3 is 1. The maximum Gasteiger partial charge on any atom is 0.242 e. The Labute approximate surface area is 174 Å². The maximum atomic E-state index is 12.8. The zero-order valence-electron chi connectivity index (χ0n) is 16.4. The van der Waals surface area contributed by atoms with Gasteiger partial charge >= 0.3 is 0 Å². The summed E-state index contributed by atoms with van der Waals surface area (Å²) in [6, 6.07) is 14.8. The van der Waals surface area contributed by atoms with Gasteiger partial charge in [0, 0.05) is 18.7 Å². The topological polar surface area (TPSA) is 71.0 Å². The van der Waals surface area contributed by atoms with E-state index in [1.807, 2.05) is 55.5 Å². The molecule has 0 aromatic heterocycles. The van der Waals surface area contributed by atoms with E-state index in [1.165, 1.54) is 11.8 Å². The number of carbonyl (C=O) groups is 2. The molecular weight excluding hydrogens is 386 g/mol. The molecule has 0 bridgehead atoms. The second kappa shape index (κ2) is 9.43. The first-order valence-electron chi connectivity index (χ1n) is 9.18. The Bertz CT molecular complexity index is 923. The summed E-state index contributed by atoms with van der Waals surface area (Å²) in [5.41, 5.74) is 2.54. The number of benzene rings is 2. The van der Waals surface area contributed by atoms with Crippen molar-refractivity contribution in [2.75, 3.05) is 19.0 Å². The highest BCUT2D eigenvalue weighted by atomic mass is 32.2. The number of nitrogens with zero attached hydrogens (tertiary/aromatic N) is 2. The van der Waals surface area contributed by atoms with Crippen molar-refractivity contribution in [3.05, 3.63) is 66.7 Å². The quantitative estimate of drug-likeness (QED) is 0.698. The van der Waals surface area contributed by atoms with Crippen LogP contribution in [-0.4, -0.2) is 40.8 Å². The normalized spacial score (nSPS) is 17.4. The summed E-state index contributed by atoms with van der Waals surface area (Å²) in [6.07, 6.45) is 1.73. The number of amides is 2. The van der Waals surface area contributed by atoms with Crippen LogP contribution in [0.4, 0.5) is 11.4 Å². The number of hydrogen-bond acceptors (Lipinski definition) is 5. The Kier molecular flexibility index (Phi) is 6.72. The maximum absolute atomic E-state index is 12.8.